The number of aliphatic hydroxyl groups is 1. The van der Waals surface area contributed by atoms with Gasteiger partial charge < -0.3 is 9.84 Å². The van der Waals surface area contributed by atoms with Gasteiger partial charge in [-0.25, -0.2) is 0 Å². The first-order valence-corrected chi connectivity index (χ1v) is 5.19. The summed E-state index contributed by atoms with van der Waals surface area (Å²) in [6.45, 7) is 4.83. The topological polar surface area (TPSA) is 53.2 Å². The second kappa shape index (κ2) is 2.71. The number of rotatable bonds is 1. The molecule has 1 heterocycles. The van der Waals surface area contributed by atoms with E-state index in [1.165, 1.54) is 0 Å². The van der Waals surface area contributed by atoms with E-state index in [1.54, 1.807) is 0 Å². The first-order valence-electron chi connectivity index (χ1n) is 5.19. The molecule has 1 atom stereocenters. The van der Waals surface area contributed by atoms with Gasteiger partial charge in [0.15, 0.2) is 0 Å². The lowest BCUT2D eigenvalue weighted by atomic mass is 9.53. The largest absolute Gasteiger partial charge is 0.385 e. The van der Waals surface area contributed by atoms with Gasteiger partial charge in [0.05, 0.1) is 24.7 Å². The zero-order valence-corrected chi connectivity index (χ0v) is 8.84. The fourth-order valence-corrected chi connectivity index (χ4v) is 2.70. The lowest BCUT2D eigenvalue weighted by Crippen LogP contribution is -2.59. The fraction of sp³-hybridized carbons (Fsp3) is 0.909. The molecular formula is C11H17NO2. The minimum absolute atomic E-state index is 0.302. The second-order valence-electron chi connectivity index (χ2n) is 5.28. The summed E-state index contributed by atoms with van der Waals surface area (Å²) in [5.74, 6) is 0. The molecule has 0 aromatic carbocycles. The van der Waals surface area contributed by atoms with Crippen LogP contribution in [0.3, 0.4) is 0 Å². The van der Waals surface area contributed by atoms with Crippen LogP contribution in [0.25, 0.3) is 0 Å². The molecule has 2 rings (SSSR count). The Morgan fingerprint density at radius 1 is 1.29 bits per heavy atom. The van der Waals surface area contributed by atoms with Crippen LogP contribution >= 0.6 is 0 Å². The zero-order valence-electron chi connectivity index (χ0n) is 8.84. The SMILES string of the molecule is CC1(C)COCC1(O)C1(C#N)CCC1. The summed E-state index contributed by atoms with van der Waals surface area (Å²) in [4.78, 5) is 0. The summed E-state index contributed by atoms with van der Waals surface area (Å²) in [6.07, 6.45) is 2.67. The van der Waals surface area contributed by atoms with Crippen molar-refractivity contribution in [2.75, 3.05) is 13.2 Å². The van der Waals surface area contributed by atoms with Crippen LogP contribution in [0.15, 0.2) is 0 Å². The van der Waals surface area contributed by atoms with Crippen LogP contribution in [0.1, 0.15) is 33.1 Å². The molecule has 1 aliphatic carbocycles. The van der Waals surface area contributed by atoms with Crippen molar-refractivity contribution in [2.24, 2.45) is 10.8 Å². The van der Waals surface area contributed by atoms with E-state index >= 15 is 0 Å². The molecular weight excluding hydrogens is 178 g/mol. The summed E-state index contributed by atoms with van der Waals surface area (Å²) in [5, 5.41) is 19.9. The maximum atomic E-state index is 10.6. The van der Waals surface area contributed by atoms with Gasteiger partial charge >= 0.3 is 0 Å². The number of ether oxygens (including phenoxy) is 1. The van der Waals surface area contributed by atoms with Crippen molar-refractivity contribution < 1.29 is 9.84 Å². The summed E-state index contributed by atoms with van der Waals surface area (Å²) in [6, 6.07) is 2.32. The second-order valence-corrected chi connectivity index (χ2v) is 5.28. The Bertz CT molecular complexity index is 288. The Morgan fingerprint density at radius 3 is 2.21 bits per heavy atom. The summed E-state index contributed by atoms with van der Waals surface area (Å²) in [5.41, 5.74) is -1.80. The third kappa shape index (κ3) is 0.933. The maximum absolute atomic E-state index is 10.6. The molecule has 0 amide bonds. The molecule has 3 heteroatoms. The molecule has 2 fully saturated rings. The average molecular weight is 195 g/mol. The zero-order chi connectivity index (χ0) is 10.4. The van der Waals surface area contributed by atoms with Crippen LogP contribution in [0.2, 0.25) is 0 Å². The maximum Gasteiger partial charge on any atom is 0.114 e. The Kier molecular flexibility index (Phi) is 1.93. The Balaban J connectivity index is 2.36. The monoisotopic (exact) mass is 195 g/mol. The van der Waals surface area contributed by atoms with Crippen LogP contribution in [-0.4, -0.2) is 23.9 Å². The van der Waals surface area contributed by atoms with Crippen molar-refractivity contribution in [3.63, 3.8) is 0 Å². The van der Waals surface area contributed by atoms with E-state index in [0.717, 1.165) is 19.3 Å². The van der Waals surface area contributed by atoms with Crippen molar-refractivity contribution in [1.82, 2.24) is 0 Å². The van der Waals surface area contributed by atoms with Gasteiger partial charge in [-0.2, -0.15) is 5.26 Å². The van der Waals surface area contributed by atoms with E-state index in [-0.39, 0.29) is 5.41 Å². The third-order valence-corrected chi connectivity index (χ3v) is 4.11. The molecule has 1 aliphatic heterocycles. The van der Waals surface area contributed by atoms with E-state index in [9.17, 15) is 10.4 Å². The Labute approximate surface area is 84.7 Å². The number of hydrogen-bond acceptors (Lipinski definition) is 3. The van der Waals surface area contributed by atoms with Crippen molar-refractivity contribution in [3.05, 3.63) is 0 Å². The highest BCUT2D eigenvalue weighted by Crippen LogP contribution is 2.57. The first kappa shape index (κ1) is 9.95. The molecule has 0 aromatic heterocycles. The van der Waals surface area contributed by atoms with Gasteiger partial charge in [-0.05, 0) is 12.8 Å². The van der Waals surface area contributed by atoms with E-state index in [4.69, 9.17) is 4.74 Å². The molecule has 1 saturated heterocycles. The fourth-order valence-electron chi connectivity index (χ4n) is 2.70. The van der Waals surface area contributed by atoms with Crippen LogP contribution in [0.4, 0.5) is 0 Å². The minimum atomic E-state index is -0.951. The van der Waals surface area contributed by atoms with E-state index in [0.29, 0.717) is 13.2 Å². The van der Waals surface area contributed by atoms with Crippen LogP contribution in [0.5, 0.6) is 0 Å². The Hall–Kier alpha value is -0.590. The third-order valence-electron chi connectivity index (χ3n) is 4.11. The van der Waals surface area contributed by atoms with Gasteiger partial charge in [0.2, 0.25) is 0 Å². The molecule has 0 radical (unpaired) electrons. The van der Waals surface area contributed by atoms with Crippen LogP contribution in [-0.2, 0) is 4.74 Å². The molecule has 78 valence electrons. The number of nitrogens with zero attached hydrogens (tertiary/aromatic N) is 1. The molecule has 1 saturated carbocycles. The highest BCUT2D eigenvalue weighted by Gasteiger charge is 2.64. The van der Waals surface area contributed by atoms with E-state index < -0.39 is 11.0 Å². The molecule has 14 heavy (non-hydrogen) atoms. The van der Waals surface area contributed by atoms with Gasteiger partial charge in [0.1, 0.15) is 5.60 Å². The summed E-state index contributed by atoms with van der Waals surface area (Å²) < 4.78 is 5.36. The van der Waals surface area contributed by atoms with Crippen LogP contribution < -0.4 is 0 Å². The lowest BCUT2D eigenvalue weighted by molar-refractivity contribution is -0.143. The van der Waals surface area contributed by atoms with Crippen LogP contribution in [0, 0.1) is 22.2 Å². The number of hydrogen-bond donors (Lipinski definition) is 1. The molecule has 0 spiro atoms. The predicted octanol–water partition coefficient (Wildman–Crippen LogP) is 1.47. The highest BCUT2D eigenvalue weighted by atomic mass is 16.5. The highest BCUT2D eigenvalue weighted by molar-refractivity contribution is 5.21. The molecule has 1 unspecified atom stereocenters. The predicted molar refractivity (Wildman–Crippen MR) is 51.4 cm³/mol. The van der Waals surface area contributed by atoms with E-state index in [2.05, 4.69) is 6.07 Å². The van der Waals surface area contributed by atoms with Crippen molar-refractivity contribution in [2.45, 2.75) is 38.7 Å². The molecule has 0 aromatic rings. The molecule has 2 aliphatic rings. The molecule has 0 bridgehead atoms. The standard InChI is InChI=1S/C11H17NO2/c1-9(2)7-14-8-11(9,13)10(6-12)4-3-5-10/h13H,3-5,7-8H2,1-2H3. The quantitative estimate of drug-likeness (QED) is 0.689. The summed E-state index contributed by atoms with van der Waals surface area (Å²) in [7, 11) is 0. The lowest BCUT2D eigenvalue weighted by Gasteiger charge is -2.51. The first-order chi connectivity index (χ1) is 6.47. The smallest absolute Gasteiger partial charge is 0.114 e. The van der Waals surface area contributed by atoms with Crippen molar-refractivity contribution in [3.8, 4) is 6.07 Å². The normalized spacial score (nSPS) is 38.7. The van der Waals surface area contributed by atoms with E-state index in [1.807, 2.05) is 13.8 Å². The summed E-state index contributed by atoms with van der Waals surface area (Å²) >= 11 is 0. The van der Waals surface area contributed by atoms with Crippen molar-refractivity contribution in [1.29, 1.82) is 5.26 Å². The van der Waals surface area contributed by atoms with Gasteiger partial charge in [-0.3, -0.25) is 0 Å². The molecule has 1 N–H and O–H groups in total. The molecule has 3 nitrogen and oxygen atoms in total. The van der Waals surface area contributed by atoms with Gasteiger partial charge in [-0.15, -0.1) is 0 Å². The van der Waals surface area contributed by atoms with Crippen molar-refractivity contribution >= 4 is 0 Å². The van der Waals surface area contributed by atoms with Gasteiger partial charge in [0.25, 0.3) is 0 Å². The van der Waals surface area contributed by atoms with Gasteiger partial charge in [0, 0.05) is 5.41 Å². The van der Waals surface area contributed by atoms with Gasteiger partial charge in [-0.1, -0.05) is 20.3 Å². The number of nitriles is 1. The Morgan fingerprint density at radius 2 is 1.93 bits per heavy atom. The average Bonchev–Trinajstić information content (AvgIpc) is 2.26. The minimum Gasteiger partial charge on any atom is -0.385 e.